The van der Waals surface area contributed by atoms with E-state index >= 15 is 0 Å². The lowest BCUT2D eigenvalue weighted by Crippen LogP contribution is -2.47. The van der Waals surface area contributed by atoms with Crippen molar-refractivity contribution in [3.8, 4) is 0 Å². The van der Waals surface area contributed by atoms with Gasteiger partial charge in [0.1, 0.15) is 0 Å². The van der Waals surface area contributed by atoms with Crippen molar-refractivity contribution in [2.75, 3.05) is 39.1 Å². The lowest BCUT2D eigenvalue weighted by molar-refractivity contribution is -0.0137. The maximum atomic E-state index is 11.7. The molecule has 0 aliphatic carbocycles. The topological polar surface area (TPSA) is 78.9 Å². The van der Waals surface area contributed by atoms with Gasteiger partial charge >= 0.3 is 0 Å². The highest BCUT2D eigenvalue weighted by molar-refractivity contribution is 7.88. The first-order valence-corrected chi connectivity index (χ1v) is 9.60. The van der Waals surface area contributed by atoms with Crippen molar-refractivity contribution in [2.24, 2.45) is 5.92 Å². The van der Waals surface area contributed by atoms with Crippen LogP contribution in [0.1, 0.15) is 32.6 Å². The van der Waals surface area contributed by atoms with Gasteiger partial charge < -0.3 is 15.2 Å². The Kier molecular flexibility index (Phi) is 5.65. The highest BCUT2D eigenvalue weighted by Gasteiger charge is 2.33. The van der Waals surface area contributed by atoms with Gasteiger partial charge in [0.15, 0.2) is 0 Å². The molecule has 0 bridgehead atoms. The number of hydrogen-bond acceptors (Lipinski definition) is 5. The summed E-state index contributed by atoms with van der Waals surface area (Å²) in [5.41, 5.74) is -0.788. The number of nitrogens with zero attached hydrogens (tertiary/aromatic N) is 1. The number of nitrogens with one attached hydrogen (secondary N) is 1. The second kappa shape index (κ2) is 6.91. The molecule has 2 saturated heterocycles. The lowest BCUT2D eigenvalue weighted by atomic mass is 9.83. The zero-order valence-electron chi connectivity index (χ0n) is 13.0. The van der Waals surface area contributed by atoms with Crippen LogP contribution in [0, 0.1) is 5.92 Å². The van der Waals surface area contributed by atoms with Crippen LogP contribution in [-0.4, -0.2) is 68.6 Å². The van der Waals surface area contributed by atoms with Crippen molar-refractivity contribution < 1.29 is 18.3 Å². The Balaban J connectivity index is 1.86. The summed E-state index contributed by atoms with van der Waals surface area (Å²) in [5.74, 6) is 0.230. The third kappa shape index (κ3) is 5.49. The van der Waals surface area contributed by atoms with E-state index in [1.54, 1.807) is 4.31 Å². The van der Waals surface area contributed by atoms with E-state index in [9.17, 15) is 13.5 Å². The van der Waals surface area contributed by atoms with Gasteiger partial charge in [-0.25, -0.2) is 12.7 Å². The summed E-state index contributed by atoms with van der Waals surface area (Å²) in [7, 11) is -3.12. The summed E-state index contributed by atoms with van der Waals surface area (Å²) in [6, 6.07) is 0.184. The van der Waals surface area contributed by atoms with Crippen LogP contribution in [0.2, 0.25) is 0 Å². The number of ether oxygens (including phenoxy) is 1. The highest BCUT2D eigenvalue weighted by Crippen LogP contribution is 2.29. The monoisotopic (exact) mass is 320 g/mol. The van der Waals surface area contributed by atoms with Crippen molar-refractivity contribution in [2.45, 2.75) is 44.2 Å². The summed E-state index contributed by atoms with van der Waals surface area (Å²) >= 11 is 0. The predicted octanol–water partition coefficient (Wildman–Crippen LogP) is 0.178. The molecule has 124 valence electrons. The first-order chi connectivity index (χ1) is 9.76. The number of sulfonamides is 1. The van der Waals surface area contributed by atoms with Gasteiger partial charge in [-0.3, -0.25) is 0 Å². The Bertz CT molecular complexity index is 432. The van der Waals surface area contributed by atoms with Crippen LogP contribution < -0.4 is 5.32 Å². The fraction of sp³-hybridized carbons (Fsp3) is 1.00. The van der Waals surface area contributed by atoms with E-state index in [-0.39, 0.29) is 12.0 Å². The Morgan fingerprint density at radius 3 is 2.81 bits per heavy atom. The molecule has 21 heavy (non-hydrogen) atoms. The zero-order chi connectivity index (χ0) is 15.5. The van der Waals surface area contributed by atoms with Gasteiger partial charge in [-0.05, 0) is 38.5 Å². The van der Waals surface area contributed by atoms with Crippen LogP contribution in [-0.2, 0) is 14.8 Å². The average Bonchev–Trinajstić information content (AvgIpc) is 2.38. The molecule has 2 heterocycles. The number of hydrogen-bond donors (Lipinski definition) is 2. The summed E-state index contributed by atoms with van der Waals surface area (Å²) < 4.78 is 30.3. The molecule has 3 atom stereocenters. The molecule has 2 rings (SSSR count). The van der Waals surface area contributed by atoms with E-state index in [4.69, 9.17) is 4.74 Å². The average molecular weight is 320 g/mol. The molecule has 6 nitrogen and oxygen atoms in total. The van der Waals surface area contributed by atoms with Crippen molar-refractivity contribution in [1.29, 1.82) is 0 Å². The molecule has 0 amide bonds. The van der Waals surface area contributed by atoms with Gasteiger partial charge in [0, 0.05) is 25.7 Å². The molecule has 2 fully saturated rings. The minimum absolute atomic E-state index is 0.184. The molecule has 0 aromatic rings. The molecule has 3 unspecified atom stereocenters. The standard InChI is InChI=1S/C14H28N2O4S/c1-14(17,9-13-11-20-7-5-15-13)8-12-4-3-6-16(10-12)21(2,18)19/h12-13,15,17H,3-11H2,1-2H3. The number of aliphatic hydroxyl groups is 1. The number of piperidine rings is 1. The molecule has 0 radical (unpaired) electrons. The minimum atomic E-state index is -3.12. The fourth-order valence-corrected chi connectivity index (χ4v) is 4.42. The first kappa shape index (κ1) is 17.1. The molecular weight excluding hydrogens is 292 g/mol. The van der Waals surface area contributed by atoms with Crippen LogP contribution in [0.15, 0.2) is 0 Å². The second-order valence-electron chi connectivity index (χ2n) is 6.76. The number of rotatable bonds is 5. The molecule has 2 aliphatic rings. The first-order valence-electron chi connectivity index (χ1n) is 7.75. The van der Waals surface area contributed by atoms with Crippen LogP contribution in [0.4, 0.5) is 0 Å². The van der Waals surface area contributed by atoms with Crippen molar-refractivity contribution >= 4 is 10.0 Å². The minimum Gasteiger partial charge on any atom is -0.390 e. The van der Waals surface area contributed by atoms with E-state index in [0.29, 0.717) is 32.5 Å². The maximum absolute atomic E-state index is 11.7. The molecule has 0 spiro atoms. The van der Waals surface area contributed by atoms with Crippen molar-refractivity contribution in [1.82, 2.24) is 9.62 Å². The molecule has 0 aromatic heterocycles. The summed E-state index contributed by atoms with van der Waals surface area (Å²) in [6.07, 6.45) is 4.39. The van der Waals surface area contributed by atoms with Gasteiger partial charge in [-0.1, -0.05) is 0 Å². The van der Waals surface area contributed by atoms with E-state index in [0.717, 1.165) is 26.0 Å². The smallest absolute Gasteiger partial charge is 0.211 e. The van der Waals surface area contributed by atoms with Gasteiger partial charge in [-0.2, -0.15) is 0 Å². The molecular formula is C14H28N2O4S. The van der Waals surface area contributed by atoms with Gasteiger partial charge in [0.2, 0.25) is 10.0 Å². The zero-order valence-corrected chi connectivity index (χ0v) is 13.9. The van der Waals surface area contributed by atoms with E-state index < -0.39 is 15.6 Å². The fourth-order valence-electron chi connectivity index (χ4n) is 3.48. The van der Waals surface area contributed by atoms with Crippen molar-refractivity contribution in [3.63, 3.8) is 0 Å². The van der Waals surface area contributed by atoms with Crippen LogP contribution in [0.3, 0.4) is 0 Å². The van der Waals surface area contributed by atoms with Crippen LogP contribution in [0.5, 0.6) is 0 Å². The van der Waals surface area contributed by atoms with Gasteiger partial charge in [0.25, 0.3) is 0 Å². The second-order valence-corrected chi connectivity index (χ2v) is 8.74. The Hall–Kier alpha value is -0.210. The Morgan fingerprint density at radius 1 is 1.43 bits per heavy atom. The molecule has 2 N–H and O–H groups in total. The SMILES string of the molecule is CC(O)(CC1CCCN(S(C)(=O)=O)C1)CC1COCCN1. The van der Waals surface area contributed by atoms with Crippen LogP contribution in [0.25, 0.3) is 0 Å². The largest absolute Gasteiger partial charge is 0.390 e. The number of morpholine rings is 1. The van der Waals surface area contributed by atoms with Crippen LogP contribution >= 0.6 is 0 Å². The Labute approximate surface area is 127 Å². The predicted molar refractivity (Wildman–Crippen MR) is 81.6 cm³/mol. The third-order valence-corrected chi connectivity index (χ3v) is 5.63. The third-order valence-electron chi connectivity index (χ3n) is 4.36. The maximum Gasteiger partial charge on any atom is 0.211 e. The highest BCUT2D eigenvalue weighted by atomic mass is 32.2. The van der Waals surface area contributed by atoms with E-state index in [1.165, 1.54) is 6.26 Å². The molecule has 7 heteroatoms. The molecule has 0 aromatic carbocycles. The quantitative estimate of drug-likeness (QED) is 0.755. The lowest BCUT2D eigenvalue weighted by Gasteiger charge is -2.37. The van der Waals surface area contributed by atoms with Gasteiger partial charge in [-0.15, -0.1) is 0 Å². The van der Waals surface area contributed by atoms with E-state index in [1.807, 2.05) is 6.92 Å². The summed E-state index contributed by atoms with van der Waals surface area (Å²) in [5, 5.41) is 14.0. The van der Waals surface area contributed by atoms with Crippen molar-refractivity contribution in [3.05, 3.63) is 0 Å². The molecule has 0 saturated carbocycles. The summed E-state index contributed by atoms with van der Waals surface area (Å²) in [4.78, 5) is 0. The Morgan fingerprint density at radius 2 is 2.19 bits per heavy atom. The molecule has 2 aliphatic heterocycles. The van der Waals surface area contributed by atoms with Gasteiger partial charge in [0.05, 0.1) is 25.1 Å². The summed E-state index contributed by atoms with van der Waals surface area (Å²) in [6.45, 7) is 5.18. The normalized spacial score (nSPS) is 31.8. The van der Waals surface area contributed by atoms with E-state index in [2.05, 4.69) is 5.32 Å².